The van der Waals surface area contributed by atoms with Crippen LogP contribution in [-0.2, 0) is 27.2 Å². The van der Waals surface area contributed by atoms with Gasteiger partial charge in [-0.25, -0.2) is 4.79 Å². The molecule has 10 heteroatoms. The van der Waals surface area contributed by atoms with E-state index in [2.05, 4.69) is 10.6 Å². The topological polar surface area (TPSA) is 171 Å². The van der Waals surface area contributed by atoms with Gasteiger partial charge in [0.2, 0.25) is 11.8 Å². The number of fused-ring (bicyclic) bond motifs is 10. The van der Waals surface area contributed by atoms with Gasteiger partial charge in [0.15, 0.2) is 11.5 Å². The lowest BCUT2D eigenvalue weighted by Crippen LogP contribution is -2.58. The molecule has 2 aromatic rings. The molecule has 10 nitrogen and oxygen atoms in total. The maximum absolute atomic E-state index is 12.7. The number of ether oxygens (including phenoxy) is 1. The van der Waals surface area contributed by atoms with Gasteiger partial charge in [-0.05, 0) is 48.7 Å². The van der Waals surface area contributed by atoms with Crippen LogP contribution in [0.25, 0.3) is 0 Å². The quantitative estimate of drug-likeness (QED) is 0.378. The van der Waals surface area contributed by atoms with Gasteiger partial charge < -0.3 is 36.4 Å². The van der Waals surface area contributed by atoms with Crippen LogP contribution in [0.5, 0.6) is 17.2 Å². The molecule has 0 radical (unpaired) electrons. The van der Waals surface area contributed by atoms with Crippen LogP contribution in [0.1, 0.15) is 18.1 Å². The lowest BCUT2D eigenvalue weighted by atomic mass is 10.0. The Morgan fingerprint density at radius 1 is 1.06 bits per heavy atom. The molecule has 2 aromatic carbocycles. The normalized spacial score (nSPS) is 22.8. The number of phenols is 1. The number of aliphatic carboxylic acids is 1. The summed E-state index contributed by atoms with van der Waals surface area (Å²) in [6.07, 6.45) is -1.27. The maximum atomic E-state index is 12.7. The predicted octanol–water partition coefficient (Wildman–Crippen LogP) is 0.0454. The number of nitrogens with two attached hydrogens (primary N) is 1. The van der Waals surface area contributed by atoms with Crippen molar-refractivity contribution in [2.75, 3.05) is 0 Å². The summed E-state index contributed by atoms with van der Waals surface area (Å²) in [5, 5.41) is 34.4. The third kappa shape index (κ3) is 5.54. The number of rotatable bonds is 2. The van der Waals surface area contributed by atoms with Gasteiger partial charge in [0.1, 0.15) is 17.8 Å². The number of hydrogen-bond acceptors (Lipinski definition) is 7. The summed E-state index contributed by atoms with van der Waals surface area (Å²) in [7, 11) is 0. The minimum atomic E-state index is -1.40. The van der Waals surface area contributed by atoms with Gasteiger partial charge in [0.05, 0.1) is 12.1 Å². The molecule has 0 saturated heterocycles. The second-order valence-corrected chi connectivity index (χ2v) is 7.69. The highest BCUT2D eigenvalue weighted by Gasteiger charge is 2.31. The van der Waals surface area contributed by atoms with E-state index in [1.54, 1.807) is 36.4 Å². The Morgan fingerprint density at radius 3 is 2.34 bits per heavy atom. The molecule has 2 aliphatic rings. The van der Waals surface area contributed by atoms with Crippen LogP contribution in [0, 0.1) is 0 Å². The number of carboxylic acid groups (broad SMARTS) is 1. The van der Waals surface area contributed by atoms with E-state index in [0.29, 0.717) is 16.9 Å². The molecule has 0 saturated carbocycles. The Morgan fingerprint density at radius 2 is 1.72 bits per heavy atom. The number of aromatic hydroxyl groups is 1. The predicted molar refractivity (Wildman–Crippen MR) is 113 cm³/mol. The first-order valence-electron chi connectivity index (χ1n) is 10.00. The fourth-order valence-corrected chi connectivity index (χ4v) is 3.30. The van der Waals surface area contributed by atoms with Crippen molar-refractivity contribution in [3.8, 4) is 17.2 Å². The molecule has 32 heavy (non-hydrogen) atoms. The smallest absolute Gasteiger partial charge is 0.326 e. The first-order valence-corrected chi connectivity index (χ1v) is 10.00. The zero-order valence-corrected chi connectivity index (χ0v) is 17.3. The summed E-state index contributed by atoms with van der Waals surface area (Å²) in [4.78, 5) is 36.9. The van der Waals surface area contributed by atoms with E-state index >= 15 is 0 Å². The van der Waals surface area contributed by atoms with Gasteiger partial charge in [0.25, 0.3) is 0 Å². The highest BCUT2D eigenvalue weighted by Crippen LogP contribution is 2.32. The summed E-state index contributed by atoms with van der Waals surface area (Å²) < 4.78 is 5.72. The molecular formula is C22H25N3O7. The highest BCUT2D eigenvalue weighted by atomic mass is 16.5. The number of carbonyl (C=O) groups is 3. The van der Waals surface area contributed by atoms with Crippen molar-refractivity contribution in [3.05, 3.63) is 53.6 Å². The van der Waals surface area contributed by atoms with Crippen LogP contribution in [0.4, 0.5) is 0 Å². The molecule has 7 N–H and O–H groups in total. The summed E-state index contributed by atoms with van der Waals surface area (Å²) in [5.74, 6) is -2.37. The fraction of sp³-hybridized carbons (Fsp3) is 0.318. The molecule has 1 unspecified atom stereocenters. The van der Waals surface area contributed by atoms with Crippen molar-refractivity contribution < 1.29 is 34.4 Å². The average Bonchev–Trinajstić information content (AvgIpc) is 2.74. The Kier molecular flexibility index (Phi) is 6.96. The number of nitrogens with one attached hydrogen (secondary N) is 2. The van der Waals surface area contributed by atoms with Gasteiger partial charge >= 0.3 is 5.97 Å². The Labute approximate surface area is 184 Å². The van der Waals surface area contributed by atoms with E-state index in [-0.39, 0.29) is 24.3 Å². The van der Waals surface area contributed by atoms with Gasteiger partial charge in [-0.2, -0.15) is 0 Å². The van der Waals surface area contributed by atoms with E-state index < -0.39 is 42.0 Å². The van der Waals surface area contributed by atoms with Crippen LogP contribution in [0.3, 0.4) is 0 Å². The summed E-state index contributed by atoms with van der Waals surface area (Å²) in [6.45, 7) is 1.30. The third-order valence-electron chi connectivity index (χ3n) is 5.08. The number of hydrogen-bond donors (Lipinski definition) is 6. The van der Waals surface area contributed by atoms with E-state index in [1.807, 2.05) is 0 Å². The molecule has 0 fully saturated rings. The van der Waals surface area contributed by atoms with Crippen LogP contribution in [0.15, 0.2) is 42.5 Å². The lowest BCUT2D eigenvalue weighted by Gasteiger charge is -2.24. The van der Waals surface area contributed by atoms with Crippen molar-refractivity contribution in [2.45, 2.75) is 44.0 Å². The maximum Gasteiger partial charge on any atom is 0.326 e. The SMILES string of the molecule is CC(O)[C@@H]1NC(=O)[C@@H](N)Cc2ccc(O)c(c2)Oc2ccc(cc2)C[C@@H](C(=O)O)NC1=O. The van der Waals surface area contributed by atoms with Gasteiger partial charge in [-0.15, -0.1) is 0 Å². The van der Waals surface area contributed by atoms with Crippen LogP contribution < -0.4 is 21.1 Å². The average molecular weight is 443 g/mol. The second kappa shape index (κ2) is 9.67. The molecule has 4 atom stereocenters. The Bertz CT molecular complexity index is 1010. The molecular weight excluding hydrogens is 418 g/mol. The molecule has 2 heterocycles. The monoisotopic (exact) mass is 443 g/mol. The lowest BCUT2D eigenvalue weighted by molar-refractivity contribution is -0.142. The van der Waals surface area contributed by atoms with Gasteiger partial charge in [0, 0.05) is 6.42 Å². The number of amides is 2. The molecule has 0 aromatic heterocycles. The number of aliphatic hydroxyl groups is 1. The largest absolute Gasteiger partial charge is 0.504 e. The number of carboxylic acids is 1. The molecule has 4 bridgehead atoms. The zero-order valence-electron chi connectivity index (χ0n) is 17.3. The van der Waals surface area contributed by atoms with Crippen molar-refractivity contribution in [1.29, 1.82) is 0 Å². The number of aliphatic hydroxyl groups excluding tert-OH is 1. The van der Waals surface area contributed by atoms with Crippen LogP contribution in [0.2, 0.25) is 0 Å². The Hall–Kier alpha value is -3.63. The van der Waals surface area contributed by atoms with E-state index in [4.69, 9.17) is 10.5 Å². The number of phenolic OH excluding ortho intramolecular Hbond substituents is 1. The molecule has 170 valence electrons. The Balaban J connectivity index is 1.99. The van der Waals surface area contributed by atoms with Crippen molar-refractivity contribution in [3.63, 3.8) is 0 Å². The minimum Gasteiger partial charge on any atom is -0.504 e. The van der Waals surface area contributed by atoms with Gasteiger partial charge in [-0.1, -0.05) is 18.2 Å². The number of benzene rings is 2. The standard InChI is InChI=1S/C22H25N3O7/c1-11(26)19-21(29)24-16(22(30)31)9-12-2-5-14(6-3-12)32-18-10-13(4-7-17(18)27)8-15(23)20(28)25-19/h2-7,10-11,15-16,19,26-27H,8-9,23H2,1H3,(H,24,29)(H,25,28)(H,30,31)/t11?,15-,16-,19-/m0/s1. The molecule has 2 aliphatic heterocycles. The van der Waals surface area contributed by atoms with Crippen LogP contribution in [-0.4, -0.2) is 57.3 Å². The van der Waals surface area contributed by atoms with E-state index in [9.17, 15) is 29.7 Å². The van der Waals surface area contributed by atoms with Crippen LogP contribution >= 0.6 is 0 Å². The van der Waals surface area contributed by atoms with Crippen molar-refractivity contribution in [1.82, 2.24) is 10.6 Å². The molecule has 0 spiro atoms. The van der Waals surface area contributed by atoms with Crippen molar-refractivity contribution >= 4 is 17.8 Å². The van der Waals surface area contributed by atoms with Crippen molar-refractivity contribution in [2.24, 2.45) is 5.73 Å². The first-order chi connectivity index (χ1) is 15.1. The third-order valence-corrected chi connectivity index (χ3v) is 5.08. The molecule has 0 aliphatic carbocycles. The summed E-state index contributed by atoms with van der Waals surface area (Å²) >= 11 is 0. The zero-order chi connectivity index (χ0) is 23.4. The van der Waals surface area contributed by atoms with E-state index in [0.717, 1.165) is 0 Å². The summed E-state index contributed by atoms with van der Waals surface area (Å²) in [6, 6.07) is 7.28. The fourth-order valence-electron chi connectivity index (χ4n) is 3.30. The number of carbonyl (C=O) groups excluding carboxylic acids is 2. The molecule has 4 rings (SSSR count). The van der Waals surface area contributed by atoms with E-state index in [1.165, 1.54) is 13.0 Å². The first kappa shape index (κ1) is 23.0. The molecule has 2 amide bonds. The summed E-state index contributed by atoms with van der Waals surface area (Å²) in [5.41, 5.74) is 7.18. The van der Waals surface area contributed by atoms with Gasteiger partial charge in [-0.3, -0.25) is 9.59 Å². The minimum absolute atomic E-state index is 0.0396. The second-order valence-electron chi connectivity index (χ2n) is 7.69. The highest BCUT2D eigenvalue weighted by molar-refractivity contribution is 5.92.